The van der Waals surface area contributed by atoms with E-state index >= 15 is 0 Å². The Hall–Kier alpha value is -1.00. The summed E-state index contributed by atoms with van der Waals surface area (Å²) in [7, 11) is 1.98. The van der Waals surface area contributed by atoms with Crippen molar-refractivity contribution in [3.8, 4) is 0 Å². The van der Waals surface area contributed by atoms with Crippen LogP contribution in [0.5, 0.6) is 0 Å². The van der Waals surface area contributed by atoms with Gasteiger partial charge in [-0.05, 0) is 37.8 Å². The van der Waals surface area contributed by atoms with Crippen molar-refractivity contribution in [2.75, 3.05) is 12.8 Å². The summed E-state index contributed by atoms with van der Waals surface area (Å²) >= 11 is 1.63. The van der Waals surface area contributed by atoms with Crippen molar-refractivity contribution in [1.82, 2.24) is 10.2 Å². The number of rotatable bonds is 4. The standard InChI is InChI=1S/C16H22N2OS/c1-18(14-9-12-7-8-13(10-14)17-12)16(19)11-20-15-5-3-2-4-6-15/h2-6,12-14,17H,7-11H2,1H3. The lowest BCUT2D eigenvalue weighted by Gasteiger charge is -2.35. The Balaban J connectivity index is 1.52. The molecule has 1 aromatic carbocycles. The first kappa shape index (κ1) is 14.0. The van der Waals surface area contributed by atoms with Crippen molar-refractivity contribution in [2.45, 2.75) is 48.7 Å². The zero-order valence-corrected chi connectivity index (χ0v) is 12.7. The van der Waals surface area contributed by atoms with Crippen molar-refractivity contribution in [2.24, 2.45) is 0 Å². The normalized spacial score (nSPS) is 28.4. The van der Waals surface area contributed by atoms with Crippen LogP contribution in [0.15, 0.2) is 35.2 Å². The summed E-state index contributed by atoms with van der Waals surface area (Å²) in [6.45, 7) is 0. The number of thioether (sulfide) groups is 1. The molecule has 4 heteroatoms. The van der Waals surface area contributed by atoms with Crippen molar-refractivity contribution in [3.63, 3.8) is 0 Å². The summed E-state index contributed by atoms with van der Waals surface area (Å²) in [5.41, 5.74) is 0. The molecule has 3 nitrogen and oxygen atoms in total. The Labute approximate surface area is 125 Å². The van der Waals surface area contributed by atoms with Crippen LogP contribution in [0.1, 0.15) is 25.7 Å². The molecule has 108 valence electrons. The molecule has 1 amide bonds. The number of piperidine rings is 1. The van der Waals surface area contributed by atoms with E-state index in [-0.39, 0.29) is 5.91 Å². The first-order valence-electron chi connectivity index (χ1n) is 7.42. The zero-order chi connectivity index (χ0) is 13.9. The SMILES string of the molecule is CN(C(=O)CSc1ccccc1)C1CC2CCC(C1)N2. The lowest BCUT2D eigenvalue weighted by atomic mass is 9.98. The van der Waals surface area contributed by atoms with Crippen LogP contribution in [-0.2, 0) is 4.79 Å². The molecule has 0 radical (unpaired) electrons. The van der Waals surface area contributed by atoms with Crippen molar-refractivity contribution >= 4 is 17.7 Å². The van der Waals surface area contributed by atoms with Gasteiger partial charge in [0.25, 0.3) is 0 Å². The largest absolute Gasteiger partial charge is 0.342 e. The maximum absolute atomic E-state index is 12.3. The maximum atomic E-state index is 12.3. The number of benzene rings is 1. The molecular weight excluding hydrogens is 268 g/mol. The molecule has 0 saturated carbocycles. The van der Waals surface area contributed by atoms with Gasteiger partial charge >= 0.3 is 0 Å². The van der Waals surface area contributed by atoms with Crippen LogP contribution in [0, 0.1) is 0 Å². The Bertz CT molecular complexity index is 453. The minimum absolute atomic E-state index is 0.255. The van der Waals surface area contributed by atoms with E-state index in [0.29, 0.717) is 23.9 Å². The first-order valence-corrected chi connectivity index (χ1v) is 8.40. The van der Waals surface area contributed by atoms with E-state index in [1.54, 1.807) is 11.8 Å². The van der Waals surface area contributed by atoms with Crippen molar-refractivity contribution in [1.29, 1.82) is 0 Å². The van der Waals surface area contributed by atoms with Gasteiger partial charge in [0.05, 0.1) is 5.75 Å². The fourth-order valence-electron chi connectivity index (χ4n) is 3.31. The molecule has 2 fully saturated rings. The van der Waals surface area contributed by atoms with E-state index in [9.17, 15) is 4.79 Å². The summed E-state index contributed by atoms with van der Waals surface area (Å²) in [6, 6.07) is 11.8. The van der Waals surface area contributed by atoms with Gasteiger partial charge in [0, 0.05) is 30.1 Å². The lowest BCUT2D eigenvalue weighted by molar-refractivity contribution is -0.129. The van der Waals surface area contributed by atoms with Crippen molar-refractivity contribution in [3.05, 3.63) is 30.3 Å². The van der Waals surface area contributed by atoms with Crippen LogP contribution in [-0.4, -0.2) is 41.7 Å². The monoisotopic (exact) mass is 290 g/mol. The molecule has 2 atom stereocenters. The van der Waals surface area contributed by atoms with E-state index in [4.69, 9.17) is 0 Å². The summed E-state index contributed by atoms with van der Waals surface area (Å²) in [4.78, 5) is 15.5. The molecule has 2 unspecified atom stereocenters. The van der Waals surface area contributed by atoms with Gasteiger partial charge in [0.2, 0.25) is 5.91 Å². The Morgan fingerprint density at radius 1 is 1.25 bits per heavy atom. The molecule has 2 aliphatic rings. The number of nitrogens with one attached hydrogen (secondary N) is 1. The van der Waals surface area contributed by atoms with E-state index in [2.05, 4.69) is 17.4 Å². The van der Waals surface area contributed by atoms with Crippen LogP contribution in [0.2, 0.25) is 0 Å². The van der Waals surface area contributed by atoms with Crippen molar-refractivity contribution < 1.29 is 4.79 Å². The molecule has 0 spiro atoms. The highest BCUT2D eigenvalue weighted by Gasteiger charge is 2.36. The highest BCUT2D eigenvalue weighted by Crippen LogP contribution is 2.29. The second-order valence-electron chi connectivity index (χ2n) is 5.87. The molecule has 2 bridgehead atoms. The average molecular weight is 290 g/mol. The maximum Gasteiger partial charge on any atom is 0.232 e. The van der Waals surface area contributed by atoms with Gasteiger partial charge in [-0.25, -0.2) is 0 Å². The molecule has 0 aromatic heterocycles. The van der Waals surface area contributed by atoms with Crippen LogP contribution < -0.4 is 5.32 Å². The number of carbonyl (C=O) groups excluding carboxylic acids is 1. The molecule has 3 rings (SSSR count). The number of hydrogen-bond acceptors (Lipinski definition) is 3. The number of nitrogens with zero attached hydrogens (tertiary/aromatic N) is 1. The third-order valence-electron chi connectivity index (χ3n) is 4.49. The van der Waals surface area contributed by atoms with E-state index < -0.39 is 0 Å². The average Bonchev–Trinajstić information content (AvgIpc) is 2.83. The Morgan fingerprint density at radius 3 is 2.55 bits per heavy atom. The van der Waals surface area contributed by atoms with E-state index in [1.165, 1.54) is 17.7 Å². The minimum Gasteiger partial charge on any atom is -0.342 e. The van der Waals surface area contributed by atoms with Gasteiger partial charge in [0.15, 0.2) is 0 Å². The predicted octanol–water partition coefficient (Wildman–Crippen LogP) is 2.52. The number of carbonyl (C=O) groups is 1. The molecule has 0 aliphatic carbocycles. The number of fused-ring (bicyclic) bond motifs is 2. The topological polar surface area (TPSA) is 32.3 Å². The van der Waals surface area contributed by atoms with Gasteiger partial charge in [-0.2, -0.15) is 0 Å². The molecule has 2 heterocycles. The fraction of sp³-hybridized carbons (Fsp3) is 0.562. The van der Waals surface area contributed by atoms with Gasteiger partial charge in [-0.15, -0.1) is 11.8 Å². The summed E-state index contributed by atoms with van der Waals surface area (Å²) in [6.07, 6.45) is 4.80. The smallest absolute Gasteiger partial charge is 0.232 e. The quantitative estimate of drug-likeness (QED) is 0.865. The van der Waals surface area contributed by atoms with Gasteiger partial charge in [-0.3, -0.25) is 4.79 Å². The Morgan fingerprint density at radius 2 is 1.90 bits per heavy atom. The second-order valence-corrected chi connectivity index (χ2v) is 6.92. The van der Waals surface area contributed by atoms with E-state index in [1.807, 2.05) is 30.1 Å². The van der Waals surface area contributed by atoms with Crippen LogP contribution >= 0.6 is 11.8 Å². The van der Waals surface area contributed by atoms with Gasteiger partial charge < -0.3 is 10.2 Å². The third kappa shape index (κ3) is 3.18. The zero-order valence-electron chi connectivity index (χ0n) is 11.9. The van der Waals surface area contributed by atoms with Crippen LogP contribution in [0.3, 0.4) is 0 Å². The fourth-order valence-corrected chi connectivity index (χ4v) is 4.15. The molecular formula is C16H22N2OS. The highest BCUT2D eigenvalue weighted by atomic mass is 32.2. The lowest BCUT2D eigenvalue weighted by Crippen LogP contribution is -2.49. The molecule has 2 aliphatic heterocycles. The second kappa shape index (κ2) is 6.19. The summed E-state index contributed by atoms with van der Waals surface area (Å²) in [5.74, 6) is 0.796. The number of hydrogen-bond donors (Lipinski definition) is 1. The summed E-state index contributed by atoms with van der Waals surface area (Å²) < 4.78 is 0. The highest BCUT2D eigenvalue weighted by molar-refractivity contribution is 8.00. The predicted molar refractivity (Wildman–Crippen MR) is 82.9 cm³/mol. The Kier molecular flexibility index (Phi) is 4.32. The number of amides is 1. The van der Waals surface area contributed by atoms with Crippen LogP contribution in [0.4, 0.5) is 0 Å². The van der Waals surface area contributed by atoms with Crippen LogP contribution in [0.25, 0.3) is 0 Å². The third-order valence-corrected chi connectivity index (χ3v) is 5.49. The van der Waals surface area contributed by atoms with Gasteiger partial charge in [-0.1, -0.05) is 18.2 Å². The first-order chi connectivity index (χ1) is 9.72. The molecule has 2 saturated heterocycles. The molecule has 20 heavy (non-hydrogen) atoms. The molecule has 1 aromatic rings. The molecule has 1 N–H and O–H groups in total. The minimum atomic E-state index is 0.255. The van der Waals surface area contributed by atoms with E-state index in [0.717, 1.165) is 12.8 Å². The summed E-state index contributed by atoms with van der Waals surface area (Å²) in [5, 5.41) is 3.63. The van der Waals surface area contributed by atoms with Gasteiger partial charge in [0.1, 0.15) is 0 Å².